The van der Waals surface area contributed by atoms with Gasteiger partial charge in [-0.05, 0) is 50.3 Å². The molecule has 1 saturated heterocycles. The molecule has 108 valence electrons. The summed E-state index contributed by atoms with van der Waals surface area (Å²) in [6.45, 7) is 4.07. The minimum atomic E-state index is 0.699. The van der Waals surface area contributed by atoms with Crippen molar-refractivity contribution in [2.75, 3.05) is 26.7 Å². The second-order valence-corrected chi connectivity index (χ2v) is 6.10. The van der Waals surface area contributed by atoms with Crippen LogP contribution in [-0.4, -0.2) is 41.7 Å². The molecule has 3 rings (SSSR count). The Morgan fingerprint density at radius 2 is 2.50 bits per heavy atom. The largest absolute Gasteiger partial charge is 0.338 e. The van der Waals surface area contributed by atoms with E-state index >= 15 is 0 Å². The Bertz CT molecular complexity index is 523. The average molecular weight is 292 g/mol. The lowest BCUT2D eigenvalue weighted by molar-refractivity contribution is 0.149. The fourth-order valence-electron chi connectivity index (χ4n) is 2.77. The molecule has 3 heterocycles. The molecule has 2 aromatic heterocycles. The maximum atomic E-state index is 5.37. The van der Waals surface area contributed by atoms with E-state index in [2.05, 4.69) is 20.4 Å². The summed E-state index contributed by atoms with van der Waals surface area (Å²) in [5.74, 6) is 2.15. The Morgan fingerprint density at radius 3 is 3.30 bits per heavy atom. The minimum Gasteiger partial charge on any atom is -0.338 e. The number of hydrogen-bond donors (Lipinski definition) is 1. The number of likely N-dealkylation sites (tertiary alicyclic amines) is 1. The molecule has 1 fully saturated rings. The van der Waals surface area contributed by atoms with Crippen LogP contribution in [-0.2, 0) is 6.54 Å². The van der Waals surface area contributed by atoms with Gasteiger partial charge < -0.3 is 9.84 Å². The summed E-state index contributed by atoms with van der Waals surface area (Å²) < 4.78 is 5.37. The highest BCUT2D eigenvalue weighted by atomic mass is 32.1. The summed E-state index contributed by atoms with van der Waals surface area (Å²) in [4.78, 5) is 6.90. The Labute approximate surface area is 123 Å². The van der Waals surface area contributed by atoms with Crippen molar-refractivity contribution in [3.8, 4) is 11.4 Å². The van der Waals surface area contributed by atoms with Gasteiger partial charge in [0.15, 0.2) is 0 Å². The highest BCUT2D eigenvalue weighted by Crippen LogP contribution is 2.21. The van der Waals surface area contributed by atoms with Gasteiger partial charge in [0, 0.05) is 17.5 Å². The smallest absolute Gasteiger partial charge is 0.241 e. The van der Waals surface area contributed by atoms with Crippen LogP contribution in [0.5, 0.6) is 0 Å². The minimum absolute atomic E-state index is 0.699. The van der Waals surface area contributed by atoms with E-state index in [1.807, 2.05) is 23.9 Å². The van der Waals surface area contributed by atoms with Crippen LogP contribution in [0.25, 0.3) is 11.4 Å². The van der Waals surface area contributed by atoms with Crippen LogP contribution in [0.4, 0.5) is 0 Å². The number of nitrogens with one attached hydrogen (secondary N) is 1. The maximum Gasteiger partial charge on any atom is 0.241 e. The SMILES string of the molecule is CNCC1CCCN(Cc2nc(-c3ccsc3)no2)C1. The summed E-state index contributed by atoms with van der Waals surface area (Å²) in [5, 5.41) is 11.4. The quantitative estimate of drug-likeness (QED) is 0.916. The molecular weight excluding hydrogens is 272 g/mol. The van der Waals surface area contributed by atoms with Crippen LogP contribution in [0.1, 0.15) is 18.7 Å². The van der Waals surface area contributed by atoms with Crippen molar-refractivity contribution in [1.82, 2.24) is 20.4 Å². The van der Waals surface area contributed by atoms with Crippen LogP contribution in [0, 0.1) is 5.92 Å². The summed E-state index contributed by atoms with van der Waals surface area (Å²) in [6.07, 6.45) is 2.55. The third-order valence-corrected chi connectivity index (χ3v) is 4.39. The molecule has 0 aromatic carbocycles. The molecule has 0 amide bonds. The number of thiophene rings is 1. The van der Waals surface area contributed by atoms with Crippen LogP contribution < -0.4 is 5.32 Å². The van der Waals surface area contributed by atoms with E-state index in [0.29, 0.717) is 5.82 Å². The van der Waals surface area contributed by atoms with E-state index in [9.17, 15) is 0 Å². The highest BCUT2D eigenvalue weighted by molar-refractivity contribution is 7.08. The first-order valence-electron chi connectivity index (χ1n) is 7.07. The molecule has 1 aliphatic heterocycles. The van der Waals surface area contributed by atoms with Crippen molar-refractivity contribution >= 4 is 11.3 Å². The van der Waals surface area contributed by atoms with Crippen molar-refractivity contribution in [1.29, 1.82) is 0 Å². The Hall–Kier alpha value is -1.24. The van der Waals surface area contributed by atoms with Gasteiger partial charge in [-0.1, -0.05) is 5.16 Å². The molecule has 1 unspecified atom stereocenters. The number of aromatic nitrogens is 2. The summed E-state index contributed by atoms with van der Waals surface area (Å²) in [7, 11) is 2.02. The van der Waals surface area contributed by atoms with E-state index in [1.165, 1.54) is 12.8 Å². The Morgan fingerprint density at radius 1 is 1.55 bits per heavy atom. The third-order valence-electron chi connectivity index (χ3n) is 3.70. The zero-order chi connectivity index (χ0) is 13.8. The van der Waals surface area contributed by atoms with E-state index in [0.717, 1.165) is 43.6 Å². The van der Waals surface area contributed by atoms with E-state index in [4.69, 9.17) is 4.52 Å². The lowest BCUT2D eigenvalue weighted by atomic mass is 9.98. The molecule has 6 heteroatoms. The summed E-state index contributed by atoms with van der Waals surface area (Å²) in [5.41, 5.74) is 1.04. The van der Waals surface area contributed by atoms with Crippen molar-refractivity contribution in [2.45, 2.75) is 19.4 Å². The molecular formula is C14H20N4OS. The van der Waals surface area contributed by atoms with Gasteiger partial charge in [0.2, 0.25) is 11.7 Å². The molecule has 0 saturated carbocycles. The van der Waals surface area contributed by atoms with Crippen molar-refractivity contribution in [3.63, 3.8) is 0 Å². The predicted octanol–water partition coefficient (Wildman–Crippen LogP) is 2.23. The molecule has 0 bridgehead atoms. The van der Waals surface area contributed by atoms with Gasteiger partial charge in [-0.15, -0.1) is 0 Å². The Balaban J connectivity index is 1.60. The topological polar surface area (TPSA) is 54.2 Å². The van der Waals surface area contributed by atoms with Crippen LogP contribution >= 0.6 is 11.3 Å². The zero-order valence-electron chi connectivity index (χ0n) is 11.7. The first kappa shape index (κ1) is 13.7. The molecule has 20 heavy (non-hydrogen) atoms. The number of rotatable bonds is 5. The predicted molar refractivity (Wildman–Crippen MR) is 79.5 cm³/mol. The first-order valence-corrected chi connectivity index (χ1v) is 8.01. The highest BCUT2D eigenvalue weighted by Gasteiger charge is 2.21. The molecule has 0 aliphatic carbocycles. The number of nitrogens with zero attached hydrogens (tertiary/aromatic N) is 3. The molecule has 2 aromatic rings. The molecule has 5 nitrogen and oxygen atoms in total. The van der Waals surface area contributed by atoms with Gasteiger partial charge in [-0.3, -0.25) is 4.90 Å². The van der Waals surface area contributed by atoms with Crippen molar-refractivity contribution in [3.05, 3.63) is 22.7 Å². The normalized spacial score (nSPS) is 20.4. The fraction of sp³-hybridized carbons (Fsp3) is 0.571. The van der Waals surface area contributed by atoms with Gasteiger partial charge in [0.05, 0.1) is 6.54 Å². The lowest BCUT2D eigenvalue weighted by Crippen LogP contribution is -2.38. The maximum absolute atomic E-state index is 5.37. The molecule has 0 radical (unpaired) electrons. The zero-order valence-corrected chi connectivity index (χ0v) is 12.5. The lowest BCUT2D eigenvalue weighted by Gasteiger charge is -2.31. The van der Waals surface area contributed by atoms with Crippen molar-refractivity contribution in [2.24, 2.45) is 5.92 Å². The van der Waals surface area contributed by atoms with Crippen molar-refractivity contribution < 1.29 is 4.52 Å². The standard InChI is InChI=1S/C14H20N4OS/c1-15-7-11-3-2-5-18(8-11)9-13-16-14(17-19-13)12-4-6-20-10-12/h4,6,10-11,15H,2-3,5,7-9H2,1H3. The van der Waals surface area contributed by atoms with Gasteiger partial charge in [0.1, 0.15) is 0 Å². The monoisotopic (exact) mass is 292 g/mol. The molecule has 1 atom stereocenters. The van der Waals surface area contributed by atoms with E-state index in [1.54, 1.807) is 11.3 Å². The summed E-state index contributed by atoms with van der Waals surface area (Å²) >= 11 is 1.65. The Kier molecular flexibility index (Phi) is 4.44. The van der Waals surface area contributed by atoms with Crippen LogP contribution in [0.2, 0.25) is 0 Å². The van der Waals surface area contributed by atoms with Crippen LogP contribution in [0.3, 0.4) is 0 Å². The average Bonchev–Trinajstić information content (AvgIpc) is 3.10. The van der Waals surface area contributed by atoms with Gasteiger partial charge >= 0.3 is 0 Å². The van der Waals surface area contributed by atoms with E-state index in [-0.39, 0.29) is 0 Å². The van der Waals surface area contributed by atoms with Gasteiger partial charge in [-0.2, -0.15) is 16.3 Å². The third kappa shape index (κ3) is 3.26. The van der Waals surface area contributed by atoms with Gasteiger partial charge in [0.25, 0.3) is 0 Å². The van der Waals surface area contributed by atoms with Gasteiger partial charge in [-0.25, -0.2) is 0 Å². The fourth-order valence-corrected chi connectivity index (χ4v) is 3.40. The second-order valence-electron chi connectivity index (χ2n) is 5.32. The summed E-state index contributed by atoms with van der Waals surface area (Å²) in [6, 6.07) is 2.02. The van der Waals surface area contributed by atoms with Crippen LogP contribution in [0.15, 0.2) is 21.3 Å². The second kappa shape index (κ2) is 6.47. The number of piperidine rings is 1. The molecule has 1 N–H and O–H groups in total. The first-order chi connectivity index (χ1) is 9.85. The number of hydrogen-bond acceptors (Lipinski definition) is 6. The molecule has 0 spiro atoms. The molecule has 1 aliphatic rings. The van der Waals surface area contributed by atoms with E-state index < -0.39 is 0 Å².